The van der Waals surface area contributed by atoms with E-state index in [0.717, 1.165) is 5.92 Å². The molecule has 0 aliphatic rings. The number of alkyl halides is 1. The maximum atomic E-state index is 3.46. The molecule has 13 heavy (non-hydrogen) atoms. The quantitative estimate of drug-likeness (QED) is 0.439. The van der Waals surface area contributed by atoms with Gasteiger partial charge in [-0.15, -0.1) is 0 Å². The van der Waals surface area contributed by atoms with E-state index in [1.54, 1.807) is 0 Å². The summed E-state index contributed by atoms with van der Waals surface area (Å²) in [5.41, 5.74) is 0.536. The summed E-state index contributed by atoms with van der Waals surface area (Å²) >= 11 is 3.46. The molecule has 0 spiro atoms. The lowest BCUT2D eigenvalue weighted by atomic mass is 9.77. The summed E-state index contributed by atoms with van der Waals surface area (Å²) in [4.78, 5) is 0. The standard InChI is InChI=1S/C12H25Br/c1-11(2)12(3,4)9-7-5-6-8-10-13/h11H,5-10H2,1-4H3. The monoisotopic (exact) mass is 248 g/mol. The molecule has 0 heterocycles. The molecule has 0 atom stereocenters. The van der Waals surface area contributed by atoms with E-state index in [9.17, 15) is 0 Å². The Hall–Kier alpha value is 0.480. The number of hydrogen-bond acceptors (Lipinski definition) is 0. The van der Waals surface area contributed by atoms with Gasteiger partial charge in [0.2, 0.25) is 0 Å². The lowest BCUT2D eigenvalue weighted by molar-refractivity contribution is 0.221. The van der Waals surface area contributed by atoms with E-state index in [4.69, 9.17) is 0 Å². The second kappa shape index (κ2) is 6.86. The van der Waals surface area contributed by atoms with Crippen LogP contribution in [0.25, 0.3) is 0 Å². The van der Waals surface area contributed by atoms with Gasteiger partial charge in [-0.25, -0.2) is 0 Å². The molecule has 0 aromatic rings. The summed E-state index contributed by atoms with van der Waals surface area (Å²) in [7, 11) is 0. The van der Waals surface area contributed by atoms with Crippen LogP contribution in [0.2, 0.25) is 0 Å². The summed E-state index contributed by atoms with van der Waals surface area (Å²) in [5.74, 6) is 0.809. The van der Waals surface area contributed by atoms with Crippen LogP contribution in [-0.4, -0.2) is 5.33 Å². The van der Waals surface area contributed by atoms with Gasteiger partial charge in [0.15, 0.2) is 0 Å². The highest BCUT2D eigenvalue weighted by atomic mass is 79.9. The van der Waals surface area contributed by atoms with Gasteiger partial charge in [0.05, 0.1) is 0 Å². The third kappa shape index (κ3) is 6.54. The molecule has 0 amide bonds. The third-order valence-corrected chi connectivity index (χ3v) is 3.83. The second-order valence-electron chi connectivity index (χ2n) is 5.00. The summed E-state index contributed by atoms with van der Waals surface area (Å²) in [5, 5.41) is 1.17. The van der Waals surface area contributed by atoms with E-state index in [1.165, 1.54) is 37.4 Å². The zero-order valence-corrected chi connectivity index (χ0v) is 11.3. The molecule has 0 fully saturated rings. The molecular formula is C12H25Br. The molecule has 0 aliphatic heterocycles. The van der Waals surface area contributed by atoms with Crippen LogP contribution in [-0.2, 0) is 0 Å². The molecule has 0 rings (SSSR count). The Morgan fingerprint density at radius 1 is 1.00 bits per heavy atom. The fraction of sp³-hybridized carbons (Fsp3) is 1.00. The van der Waals surface area contributed by atoms with Gasteiger partial charge in [-0.1, -0.05) is 62.9 Å². The van der Waals surface area contributed by atoms with E-state index in [0.29, 0.717) is 5.41 Å². The molecule has 0 N–H and O–H groups in total. The molecule has 0 saturated carbocycles. The van der Waals surface area contributed by atoms with E-state index in [-0.39, 0.29) is 0 Å². The molecule has 0 aliphatic carbocycles. The highest BCUT2D eigenvalue weighted by molar-refractivity contribution is 9.09. The Bertz CT molecular complexity index is 116. The van der Waals surface area contributed by atoms with Crippen molar-refractivity contribution in [1.29, 1.82) is 0 Å². The first kappa shape index (κ1) is 13.5. The van der Waals surface area contributed by atoms with Crippen LogP contribution in [0.4, 0.5) is 0 Å². The number of halogens is 1. The van der Waals surface area contributed by atoms with Crippen LogP contribution in [0, 0.1) is 11.3 Å². The average Bonchev–Trinajstić information content (AvgIpc) is 2.03. The minimum Gasteiger partial charge on any atom is -0.0928 e. The summed E-state index contributed by atoms with van der Waals surface area (Å²) in [6, 6.07) is 0. The van der Waals surface area contributed by atoms with Gasteiger partial charge in [-0.2, -0.15) is 0 Å². The molecule has 0 bridgehead atoms. The number of unbranched alkanes of at least 4 members (excludes halogenated alkanes) is 3. The Balaban J connectivity index is 3.41. The molecule has 0 radical (unpaired) electrons. The van der Waals surface area contributed by atoms with Gasteiger partial charge in [0, 0.05) is 5.33 Å². The highest BCUT2D eigenvalue weighted by Gasteiger charge is 2.20. The van der Waals surface area contributed by atoms with Crippen LogP contribution in [0.15, 0.2) is 0 Å². The zero-order chi connectivity index (χ0) is 10.3. The lowest BCUT2D eigenvalue weighted by Crippen LogP contribution is -2.18. The SMILES string of the molecule is CC(C)C(C)(C)CCCCCCBr. The van der Waals surface area contributed by atoms with Crippen LogP contribution in [0.3, 0.4) is 0 Å². The van der Waals surface area contributed by atoms with E-state index in [1.807, 2.05) is 0 Å². The Kier molecular flexibility index (Phi) is 7.12. The van der Waals surface area contributed by atoms with E-state index in [2.05, 4.69) is 43.6 Å². The van der Waals surface area contributed by atoms with Crippen molar-refractivity contribution in [3.05, 3.63) is 0 Å². The third-order valence-electron chi connectivity index (χ3n) is 3.27. The molecule has 0 unspecified atom stereocenters. The van der Waals surface area contributed by atoms with Crippen LogP contribution < -0.4 is 0 Å². The smallest absolute Gasteiger partial charge is 0.00313 e. The van der Waals surface area contributed by atoms with Gasteiger partial charge in [-0.3, -0.25) is 0 Å². The van der Waals surface area contributed by atoms with Gasteiger partial charge >= 0.3 is 0 Å². The molecule has 0 aromatic carbocycles. The first-order valence-corrected chi connectivity index (χ1v) is 6.69. The summed E-state index contributed by atoms with van der Waals surface area (Å²) in [6.45, 7) is 9.45. The first-order valence-electron chi connectivity index (χ1n) is 5.56. The van der Waals surface area contributed by atoms with Crippen LogP contribution in [0.5, 0.6) is 0 Å². The minimum absolute atomic E-state index is 0.536. The molecule has 0 saturated heterocycles. The zero-order valence-electron chi connectivity index (χ0n) is 9.70. The van der Waals surface area contributed by atoms with E-state index < -0.39 is 0 Å². The normalized spacial score (nSPS) is 12.5. The van der Waals surface area contributed by atoms with Crippen molar-refractivity contribution in [3.63, 3.8) is 0 Å². The van der Waals surface area contributed by atoms with Gasteiger partial charge in [-0.05, 0) is 24.2 Å². The fourth-order valence-electron chi connectivity index (χ4n) is 1.32. The Morgan fingerprint density at radius 3 is 2.00 bits per heavy atom. The van der Waals surface area contributed by atoms with Crippen molar-refractivity contribution in [3.8, 4) is 0 Å². The van der Waals surface area contributed by atoms with Crippen molar-refractivity contribution in [2.24, 2.45) is 11.3 Å². The molecule has 1 heteroatoms. The molecule has 0 aromatic heterocycles. The highest BCUT2D eigenvalue weighted by Crippen LogP contribution is 2.32. The largest absolute Gasteiger partial charge is 0.0928 e. The second-order valence-corrected chi connectivity index (χ2v) is 5.79. The minimum atomic E-state index is 0.536. The fourth-order valence-corrected chi connectivity index (χ4v) is 1.71. The van der Waals surface area contributed by atoms with Gasteiger partial charge < -0.3 is 0 Å². The topological polar surface area (TPSA) is 0 Å². The molecule has 80 valence electrons. The van der Waals surface area contributed by atoms with Crippen molar-refractivity contribution >= 4 is 15.9 Å². The Morgan fingerprint density at radius 2 is 1.54 bits per heavy atom. The summed E-state index contributed by atoms with van der Waals surface area (Å²) < 4.78 is 0. The van der Waals surface area contributed by atoms with Gasteiger partial charge in [0.1, 0.15) is 0 Å². The lowest BCUT2D eigenvalue weighted by Gasteiger charge is -2.29. The number of rotatable bonds is 7. The Labute approximate surface area is 92.6 Å². The maximum absolute atomic E-state index is 3.46. The first-order chi connectivity index (χ1) is 6.00. The molecular weight excluding hydrogens is 224 g/mol. The molecule has 0 nitrogen and oxygen atoms in total. The van der Waals surface area contributed by atoms with Gasteiger partial charge in [0.25, 0.3) is 0 Å². The summed E-state index contributed by atoms with van der Waals surface area (Å²) in [6.07, 6.45) is 6.91. The predicted octanol–water partition coefficient (Wildman–Crippen LogP) is 5.01. The van der Waals surface area contributed by atoms with Crippen molar-refractivity contribution in [2.45, 2.75) is 59.8 Å². The van der Waals surface area contributed by atoms with Crippen LogP contribution in [0.1, 0.15) is 59.8 Å². The van der Waals surface area contributed by atoms with Crippen molar-refractivity contribution in [2.75, 3.05) is 5.33 Å². The van der Waals surface area contributed by atoms with Crippen molar-refractivity contribution in [1.82, 2.24) is 0 Å². The van der Waals surface area contributed by atoms with Crippen LogP contribution >= 0.6 is 15.9 Å². The van der Waals surface area contributed by atoms with E-state index >= 15 is 0 Å². The number of hydrogen-bond donors (Lipinski definition) is 0. The maximum Gasteiger partial charge on any atom is 0.00313 e. The predicted molar refractivity (Wildman–Crippen MR) is 65.5 cm³/mol. The van der Waals surface area contributed by atoms with Crippen molar-refractivity contribution < 1.29 is 0 Å². The average molecular weight is 249 g/mol.